The Balaban J connectivity index is 1.46. The minimum absolute atomic E-state index is 0.0553. The Morgan fingerprint density at radius 2 is 2.07 bits per heavy atom. The molecule has 0 saturated carbocycles. The van der Waals surface area contributed by atoms with Crippen molar-refractivity contribution in [2.24, 2.45) is 0 Å². The molecule has 1 atom stereocenters. The largest absolute Gasteiger partial charge is 0.416 e. The van der Waals surface area contributed by atoms with Crippen molar-refractivity contribution in [2.45, 2.75) is 31.6 Å². The fourth-order valence-corrected chi connectivity index (χ4v) is 3.82. The Kier molecular flexibility index (Phi) is 4.89. The summed E-state index contributed by atoms with van der Waals surface area (Å²) in [5, 5.41) is 2.60. The van der Waals surface area contributed by atoms with Gasteiger partial charge in [0.25, 0.3) is 0 Å². The van der Waals surface area contributed by atoms with E-state index in [1.165, 1.54) is 17.0 Å². The van der Waals surface area contributed by atoms with Crippen LogP contribution in [-0.4, -0.2) is 35.9 Å². The molecule has 3 heterocycles. The molecule has 152 valence electrons. The van der Waals surface area contributed by atoms with Gasteiger partial charge in [-0.25, -0.2) is 4.98 Å². The SMILES string of the molecule is O=C(CN1C(=O)[C@H]2CCCN2c2ncccc21)NCc1cccc(C(F)(F)F)c1. The van der Waals surface area contributed by atoms with Crippen molar-refractivity contribution in [2.75, 3.05) is 22.9 Å². The molecule has 1 N–H and O–H groups in total. The summed E-state index contributed by atoms with van der Waals surface area (Å²) in [6, 6.07) is 7.92. The van der Waals surface area contributed by atoms with E-state index in [0.717, 1.165) is 25.1 Å². The quantitative estimate of drug-likeness (QED) is 0.851. The zero-order valence-corrected chi connectivity index (χ0v) is 15.4. The first kappa shape index (κ1) is 19.2. The summed E-state index contributed by atoms with van der Waals surface area (Å²) in [6.07, 6.45) is -1.21. The lowest BCUT2D eigenvalue weighted by Crippen LogP contribution is -2.53. The minimum atomic E-state index is -4.44. The lowest BCUT2D eigenvalue weighted by atomic mass is 10.1. The number of pyridine rings is 1. The monoisotopic (exact) mass is 404 g/mol. The van der Waals surface area contributed by atoms with Gasteiger partial charge in [0.1, 0.15) is 12.6 Å². The fourth-order valence-electron chi connectivity index (χ4n) is 3.82. The van der Waals surface area contributed by atoms with Gasteiger partial charge >= 0.3 is 6.18 Å². The van der Waals surface area contributed by atoms with Crippen molar-refractivity contribution in [3.63, 3.8) is 0 Å². The predicted molar refractivity (Wildman–Crippen MR) is 100 cm³/mol. The first-order chi connectivity index (χ1) is 13.8. The van der Waals surface area contributed by atoms with Gasteiger partial charge in [-0.3, -0.25) is 14.5 Å². The maximum atomic E-state index is 12.9. The first-order valence-electron chi connectivity index (χ1n) is 9.30. The first-order valence-corrected chi connectivity index (χ1v) is 9.30. The number of anilines is 2. The van der Waals surface area contributed by atoms with Crippen LogP contribution in [0.4, 0.5) is 24.7 Å². The highest BCUT2D eigenvalue weighted by molar-refractivity contribution is 6.08. The van der Waals surface area contributed by atoms with Gasteiger partial charge in [0.15, 0.2) is 5.82 Å². The van der Waals surface area contributed by atoms with E-state index in [0.29, 0.717) is 23.5 Å². The van der Waals surface area contributed by atoms with E-state index in [1.54, 1.807) is 18.3 Å². The number of amides is 2. The van der Waals surface area contributed by atoms with Crippen LogP contribution < -0.4 is 15.1 Å². The number of nitrogens with one attached hydrogen (secondary N) is 1. The number of fused-ring (bicyclic) bond motifs is 3. The number of rotatable bonds is 4. The molecule has 0 unspecified atom stereocenters. The van der Waals surface area contributed by atoms with Crippen LogP contribution in [0.5, 0.6) is 0 Å². The van der Waals surface area contributed by atoms with Crippen LogP contribution in [0.1, 0.15) is 24.0 Å². The highest BCUT2D eigenvalue weighted by Gasteiger charge is 2.42. The minimum Gasteiger partial charge on any atom is -0.350 e. The van der Waals surface area contributed by atoms with Crippen LogP contribution in [-0.2, 0) is 22.3 Å². The topological polar surface area (TPSA) is 65.5 Å². The molecule has 0 spiro atoms. The van der Waals surface area contributed by atoms with E-state index < -0.39 is 17.6 Å². The van der Waals surface area contributed by atoms with Crippen LogP contribution in [0.15, 0.2) is 42.6 Å². The molecule has 4 rings (SSSR count). The molecule has 0 aliphatic carbocycles. The third kappa shape index (κ3) is 3.76. The van der Waals surface area contributed by atoms with E-state index in [4.69, 9.17) is 0 Å². The number of aromatic nitrogens is 1. The smallest absolute Gasteiger partial charge is 0.350 e. The number of halogens is 3. The molecular weight excluding hydrogens is 385 g/mol. The number of alkyl halides is 3. The van der Waals surface area contributed by atoms with E-state index in [2.05, 4.69) is 10.3 Å². The van der Waals surface area contributed by atoms with Crippen LogP contribution >= 0.6 is 0 Å². The third-order valence-corrected chi connectivity index (χ3v) is 5.18. The van der Waals surface area contributed by atoms with Gasteiger partial charge in [0.05, 0.1) is 11.3 Å². The highest BCUT2D eigenvalue weighted by Crippen LogP contribution is 2.38. The van der Waals surface area contributed by atoms with E-state index in [-0.39, 0.29) is 25.0 Å². The van der Waals surface area contributed by atoms with Gasteiger partial charge < -0.3 is 10.2 Å². The van der Waals surface area contributed by atoms with Gasteiger partial charge in [-0.05, 0) is 42.7 Å². The van der Waals surface area contributed by atoms with Crippen molar-refractivity contribution >= 4 is 23.3 Å². The van der Waals surface area contributed by atoms with Crippen molar-refractivity contribution in [3.8, 4) is 0 Å². The summed E-state index contributed by atoms with van der Waals surface area (Å²) in [6.45, 7) is 0.483. The van der Waals surface area contributed by atoms with Crippen molar-refractivity contribution in [1.29, 1.82) is 0 Å². The Morgan fingerprint density at radius 1 is 1.24 bits per heavy atom. The number of hydrogen-bond donors (Lipinski definition) is 1. The summed E-state index contributed by atoms with van der Waals surface area (Å²) < 4.78 is 38.5. The van der Waals surface area contributed by atoms with Crippen molar-refractivity contribution in [3.05, 3.63) is 53.7 Å². The molecule has 1 aromatic heterocycles. The number of hydrogen-bond acceptors (Lipinski definition) is 4. The van der Waals surface area contributed by atoms with Crippen LogP contribution in [0.25, 0.3) is 0 Å². The Labute approximate surface area is 165 Å². The summed E-state index contributed by atoms with van der Waals surface area (Å²) in [4.78, 5) is 33.1. The van der Waals surface area contributed by atoms with Gasteiger partial charge in [0, 0.05) is 19.3 Å². The number of nitrogens with zero attached hydrogens (tertiary/aromatic N) is 3. The molecule has 2 aliphatic rings. The maximum absolute atomic E-state index is 12.9. The molecule has 0 radical (unpaired) electrons. The third-order valence-electron chi connectivity index (χ3n) is 5.18. The Bertz CT molecular complexity index is 947. The molecule has 1 fully saturated rings. The molecule has 0 bridgehead atoms. The van der Waals surface area contributed by atoms with E-state index in [1.807, 2.05) is 4.90 Å². The average molecular weight is 404 g/mol. The summed E-state index contributed by atoms with van der Waals surface area (Å²) in [5.41, 5.74) is 0.142. The molecule has 9 heteroatoms. The molecule has 29 heavy (non-hydrogen) atoms. The lowest BCUT2D eigenvalue weighted by molar-refractivity contribution is -0.137. The predicted octanol–water partition coefficient (Wildman–Crippen LogP) is 2.73. The molecule has 6 nitrogen and oxygen atoms in total. The molecule has 1 aromatic carbocycles. The number of carbonyl (C=O) groups excluding carboxylic acids is 2. The van der Waals surface area contributed by atoms with Gasteiger partial charge in [-0.1, -0.05) is 12.1 Å². The second kappa shape index (κ2) is 7.38. The van der Waals surface area contributed by atoms with Crippen LogP contribution in [0, 0.1) is 0 Å². The van der Waals surface area contributed by atoms with Gasteiger partial charge in [-0.15, -0.1) is 0 Å². The molecule has 2 aliphatic heterocycles. The van der Waals surface area contributed by atoms with Crippen LogP contribution in [0.3, 0.4) is 0 Å². The number of carbonyl (C=O) groups is 2. The highest BCUT2D eigenvalue weighted by atomic mass is 19.4. The Morgan fingerprint density at radius 3 is 2.86 bits per heavy atom. The molecule has 2 aromatic rings. The standard InChI is InChI=1S/C20H19F3N4O2/c21-20(22,23)14-5-1-4-13(10-14)11-25-17(28)12-27-15-6-2-8-24-18(15)26-9-3-7-16(26)19(27)29/h1-2,4-6,8,10,16H,3,7,9,11-12H2,(H,25,28)/t16-/m1/s1. The molecular formula is C20H19F3N4O2. The van der Waals surface area contributed by atoms with E-state index >= 15 is 0 Å². The molecule has 2 amide bonds. The fraction of sp³-hybridized carbons (Fsp3) is 0.350. The second-order valence-corrected chi connectivity index (χ2v) is 7.10. The summed E-state index contributed by atoms with van der Waals surface area (Å²) in [5.74, 6) is 0.0782. The average Bonchev–Trinajstić information content (AvgIpc) is 3.19. The zero-order valence-electron chi connectivity index (χ0n) is 15.4. The zero-order chi connectivity index (χ0) is 20.6. The van der Waals surface area contributed by atoms with Crippen molar-refractivity contribution < 1.29 is 22.8 Å². The van der Waals surface area contributed by atoms with Gasteiger partial charge in [0.2, 0.25) is 11.8 Å². The number of benzene rings is 1. The Hall–Kier alpha value is -3.10. The van der Waals surface area contributed by atoms with E-state index in [9.17, 15) is 22.8 Å². The van der Waals surface area contributed by atoms with Crippen LogP contribution in [0.2, 0.25) is 0 Å². The summed E-state index contributed by atoms with van der Waals surface area (Å²) >= 11 is 0. The normalized spacial score (nSPS) is 18.4. The maximum Gasteiger partial charge on any atom is 0.416 e. The summed E-state index contributed by atoms with van der Waals surface area (Å²) in [7, 11) is 0. The van der Waals surface area contributed by atoms with Crippen molar-refractivity contribution in [1.82, 2.24) is 10.3 Å². The lowest BCUT2D eigenvalue weighted by Gasteiger charge is -2.38. The molecule has 1 saturated heterocycles. The second-order valence-electron chi connectivity index (χ2n) is 7.10. The van der Waals surface area contributed by atoms with Gasteiger partial charge in [-0.2, -0.15) is 13.2 Å².